The molecule has 0 radical (unpaired) electrons. The average Bonchev–Trinajstić information content (AvgIpc) is 2.83. The number of carbonyl (C=O) groups excluding carboxylic acids is 1. The first kappa shape index (κ1) is 17.8. The predicted molar refractivity (Wildman–Crippen MR) is 88.3 cm³/mol. The van der Waals surface area contributed by atoms with E-state index in [4.69, 9.17) is 9.47 Å². The summed E-state index contributed by atoms with van der Waals surface area (Å²) in [4.78, 5) is 13.9. The summed E-state index contributed by atoms with van der Waals surface area (Å²) >= 11 is 0. The molecule has 0 spiro atoms. The zero-order valence-corrected chi connectivity index (χ0v) is 15.0. The van der Waals surface area contributed by atoms with E-state index in [-0.39, 0.29) is 11.7 Å². The highest BCUT2D eigenvalue weighted by Gasteiger charge is 2.34. The summed E-state index contributed by atoms with van der Waals surface area (Å²) in [6.45, 7) is 9.83. The number of hydrogen-bond acceptors (Lipinski definition) is 4. The summed E-state index contributed by atoms with van der Waals surface area (Å²) in [7, 11) is 1.91. The standard InChI is InChI=1S/C17H29N3O3/c1-16(2,3)23-15(21)20-9-7-17(4,8-10-20)22-11-6-14-12-18-19(5)13-14/h12-13H,6-11H2,1-5H3. The fourth-order valence-corrected chi connectivity index (χ4v) is 2.65. The summed E-state index contributed by atoms with van der Waals surface area (Å²) in [6.07, 6.45) is 6.18. The summed E-state index contributed by atoms with van der Waals surface area (Å²) in [5.74, 6) is 0. The topological polar surface area (TPSA) is 56.6 Å². The van der Waals surface area contributed by atoms with Gasteiger partial charge in [-0.1, -0.05) is 0 Å². The van der Waals surface area contributed by atoms with Crippen LogP contribution < -0.4 is 0 Å². The summed E-state index contributed by atoms with van der Waals surface area (Å²) < 4.78 is 13.3. The summed E-state index contributed by atoms with van der Waals surface area (Å²) in [5, 5.41) is 4.16. The summed E-state index contributed by atoms with van der Waals surface area (Å²) in [5.41, 5.74) is 0.570. The van der Waals surface area contributed by atoms with Crippen LogP contribution in [0.15, 0.2) is 12.4 Å². The second kappa shape index (κ2) is 6.91. The molecule has 2 heterocycles. The number of aromatic nitrogens is 2. The van der Waals surface area contributed by atoms with Gasteiger partial charge in [0.2, 0.25) is 0 Å². The lowest BCUT2D eigenvalue weighted by Gasteiger charge is -2.39. The van der Waals surface area contributed by atoms with E-state index in [0.29, 0.717) is 19.7 Å². The molecule has 0 aromatic carbocycles. The van der Waals surface area contributed by atoms with Crippen LogP contribution in [0.2, 0.25) is 0 Å². The first-order valence-corrected chi connectivity index (χ1v) is 8.26. The fraction of sp³-hybridized carbons (Fsp3) is 0.765. The van der Waals surface area contributed by atoms with E-state index in [0.717, 1.165) is 19.3 Å². The summed E-state index contributed by atoms with van der Waals surface area (Å²) in [6, 6.07) is 0. The number of hydrogen-bond donors (Lipinski definition) is 0. The lowest BCUT2D eigenvalue weighted by atomic mass is 9.93. The van der Waals surface area contributed by atoms with Crippen molar-refractivity contribution in [2.45, 2.75) is 58.2 Å². The maximum atomic E-state index is 12.1. The average molecular weight is 323 g/mol. The number of ether oxygens (including phenoxy) is 2. The van der Waals surface area contributed by atoms with E-state index in [1.165, 1.54) is 5.56 Å². The minimum atomic E-state index is -0.446. The fourth-order valence-electron chi connectivity index (χ4n) is 2.65. The third-order valence-electron chi connectivity index (χ3n) is 4.07. The Hall–Kier alpha value is -1.56. The van der Waals surface area contributed by atoms with Crippen molar-refractivity contribution in [3.05, 3.63) is 18.0 Å². The molecule has 1 aromatic heterocycles. The van der Waals surface area contributed by atoms with Gasteiger partial charge >= 0.3 is 6.09 Å². The molecule has 0 saturated carbocycles. The van der Waals surface area contributed by atoms with Crippen LogP contribution in [0.25, 0.3) is 0 Å². The molecule has 23 heavy (non-hydrogen) atoms. The van der Waals surface area contributed by atoms with E-state index in [1.807, 2.05) is 40.2 Å². The first-order valence-electron chi connectivity index (χ1n) is 8.26. The molecule has 6 nitrogen and oxygen atoms in total. The smallest absolute Gasteiger partial charge is 0.410 e. The molecule has 1 fully saturated rings. The Morgan fingerprint density at radius 1 is 1.35 bits per heavy atom. The lowest BCUT2D eigenvalue weighted by Crippen LogP contribution is -2.48. The van der Waals surface area contributed by atoms with Crippen molar-refractivity contribution >= 4 is 6.09 Å². The van der Waals surface area contributed by atoms with Crippen LogP contribution >= 0.6 is 0 Å². The van der Waals surface area contributed by atoms with E-state index in [2.05, 4.69) is 12.0 Å². The molecule has 1 amide bonds. The van der Waals surface area contributed by atoms with Crippen molar-refractivity contribution in [2.24, 2.45) is 7.05 Å². The maximum absolute atomic E-state index is 12.1. The number of nitrogens with zero attached hydrogens (tertiary/aromatic N) is 3. The van der Waals surface area contributed by atoms with Gasteiger partial charge in [0.05, 0.1) is 18.4 Å². The number of carbonyl (C=O) groups is 1. The lowest BCUT2D eigenvalue weighted by molar-refractivity contribution is -0.0713. The molecule has 1 aliphatic heterocycles. The van der Waals surface area contributed by atoms with Gasteiger partial charge in [-0.2, -0.15) is 5.10 Å². The van der Waals surface area contributed by atoms with Crippen molar-refractivity contribution in [1.29, 1.82) is 0 Å². The molecule has 0 aliphatic carbocycles. The number of aryl methyl sites for hydroxylation is 1. The van der Waals surface area contributed by atoms with E-state index in [1.54, 1.807) is 9.58 Å². The van der Waals surface area contributed by atoms with Crippen LogP contribution in [-0.4, -0.2) is 51.7 Å². The van der Waals surface area contributed by atoms with E-state index >= 15 is 0 Å². The van der Waals surface area contributed by atoms with Crippen LogP contribution in [0.4, 0.5) is 4.79 Å². The van der Waals surface area contributed by atoms with Gasteiger partial charge in [0.15, 0.2) is 0 Å². The molecule has 1 saturated heterocycles. The van der Waals surface area contributed by atoms with Gasteiger partial charge in [-0.15, -0.1) is 0 Å². The third-order valence-corrected chi connectivity index (χ3v) is 4.07. The van der Waals surface area contributed by atoms with Gasteiger partial charge < -0.3 is 14.4 Å². The third kappa shape index (κ3) is 5.53. The zero-order valence-electron chi connectivity index (χ0n) is 15.0. The van der Waals surface area contributed by atoms with Crippen LogP contribution in [0, 0.1) is 0 Å². The zero-order chi connectivity index (χ0) is 17.1. The van der Waals surface area contributed by atoms with Gasteiger partial charge in [-0.3, -0.25) is 4.68 Å². The van der Waals surface area contributed by atoms with E-state index in [9.17, 15) is 4.79 Å². The van der Waals surface area contributed by atoms with Crippen molar-refractivity contribution in [2.75, 3.05) is 19.7 Å². The van der Waals surface area contributed by atoms with Crippen molar-refractivity contribution < 1.29 is 14.3 Å². The van der Waals surface area contributed by atoms with Crippen LogP contribution in [0.5, 0.6) is 0 Å². The second-order valence-corrected chi connectivity index (χ2v) is 7.54. The van der Waals surface area contributed by atoms with Crippen molar-refractivity contribution in [1.82, 2.24) is 14.7 Å². The van der Waals surface area contributed by atoms with Crippen molar-refractivity contribution in [3.63, 3.8) is 0 Å². The molecule has 2 rings (SSSR count). The van der Waals surface area contributed by atoms with Crippen LogP contribution in [0.3, 0.4) is 0 Å². The number of likely N-dealkylation sites (tertiary alicyclic amines) is 1. The largest absolute Gasteiger partial charge is 0.444 e. The molecule has 1 aliphatic rings. The van der Waals surface area contributed by atoms with Gasteiger partial charge in [-0.05, 0) is 52.5 Å². The number of piperidine rings is 1. The van der Waals surface area contributed by atoms with Gasteiger partial charge in [0.1, 0.15) is 5.60 Å². The molecular formula is C17H29N3O3. The van der Waals surface area contributed by atoms with E-state index < -0.39 is 5.60 Å². The Kier molecular flexibility index (Phi) is 5.34. The second-order valence-electron chi connectivity index (χ2n) is 7.54. The highest BCUT2D eigenvalue weighted by Crippen LogP contribution is 2.27. The molecule has 0 unspecified atom stereocenters. The number of amides is 1. The van der Waals surface area contributed by atoms with Gasteiger partial charge in [0, 0.05) is 26.3 Å². The Bertz CT molecular complexity index is 525. The molecule has 1 aromatic rings. The normalized spacial score (nSPS) is 18.0. The first-order chi connectivity index (χ1) is 10.7. The molecule has 0 atom stereocenters. The maximum Gasteiger partial charge on any atom is 0.410 e. The van der Waals surface area contributed by atoms with Crippen LogP contribution in [0.1, 0.15) is 46.1 Å². The quantitative estimate of drug-likeness (QED) is 0.855. The molecule has 0 N–H and O–H groups in total. The molecular weight excluding hydrogens is 294 g/mol. The van der Waals surface area contributed by atoms with Gasteiger partial charge in [0.25, 0.3) is 0 Å². The Labute approximate surface area is 138 Å². The van der Waals surface area contributed by atoms with Crippen molar-refractivity contribution in [3.8, 4) is 0 Å². The Morgan fingerprint density at radius 3 is 2.52 bits per heavy atom. The predicted octanol–water partition coefficient (Wildman–Crippen LogP) is 2.77. The van der Waals surface area contributed by atoms with Crippen LogP contribution in [-0.2, 0) is 22.9 Å². The highest BCUT2D eigenvalue weighted by atomic mass is 16.6. The molecule has 0 bridgehead atoms. The minimum Gasteiger partial charge on any atom is -0.444 e. The SMILES string of the molecule is Cn1cc(CCOC2(C)CCN(C(=O)OC(C)(C)C)CC2)cn1. The minimum absolute atomic E-state index is 0.166. The molecule has 6 heteroatoms. The highest BCUT2D eigenvalue weighted by molar-refractivity contribution is 5.68. The Balaban J connectivity index is 1.74. The number of rotatable bonds is 4. The van der Waals surface area contributed by atoms with Gasteiger partial charge in [-0.25, -0.2) is 4.79 Å². The monoisotopic (exact) mass is 323 g/mol. The molecule has 130 valence electrons. The Morgan fingerprint density at radius 2 is 2.00 bits per heavy atom.